The minimum Gasteiger partial charge on any atom is -0.356 e. The van der Waals surface area contributed by atoms with Crippen LogP contribution in [0.2, 0.25) is 0 Å². The Labute approximate surface area is 243 Å². The third kappa shape index (κ3) is 5.76. The van der Waals surface area contributed by atoms with E-state index < -0.39 is 45.9 Å². The summed E-state index contributed by atoms with van der Waals surface area (Å²) in [7, 11) is -3.68. The van der Waals surface area contributed by atoms with Crippen LogP contribution in [-0.4, -0.2) is 79.3 Å². The Bertz CT molecular complexity index is 1470. The van der Waals surface area contributed by atoms with Gasteiger partial charge in [0.15, 0.2) is 5.01 Å². The zero-order valence-corrected chi connectivity index (χ0v) is 25.5. The smallest absolute Gasteiger partial charge is 0.243 e. The molecule has 11 nitrogen and oxygen atoms in total. The molecule has 1 aromatic carbocycles. The van der Waals surface area contributed by atoms with Crippen molar-refractivity contribution in [2.45, 2.75) is 58.7 Å². The van der Waals surface area contributed by atoms with Gasteiger partial charge in [0.25, 0.3) is 0 Å². The predicted molar refractivity (Wildman–Crippen MR) is 154 cm³/mol. The topological polar surface area (TPSA) is 155 Å². The molecule has 5 rings (SSSR count). The molecule has 3 heterocycles. The van der Waals surface area contributed by atoms with Gasteiger partial charge in [0.05, 0.1) is 22.5 Å². The summed E-state index contributed by atoms with van der Waals surface area (Å²) < 4.78 is 27.3. The maximum atomic E-state index is 14.0. The van der Waals surface area contributed by atoms with Crippen molar-refractivity contribution in [3.63, 3.8) is 0 Å². The second-order valence-corrected chi connectivity index (χ2v) is 15.2. The number of nitrogens with one attached hydrogen (secondary N) is 3. The number of piperidine rings is 1. The van der Waals surface area contributed by atoms with E-state index in [1.54, 1.807) is 13.8 Å². The molecule has 3 amide bonds. The first-order valence-corrected chi connectivity index (χ1v) is 16.7. The molecule has 6 atom stereocenters. The van der Waals surface area contributed by atoms with Crippen molar-refractivity contribution in [3.8, 4) is 0 Å². The molecular formula is C28H37N5O6S2. The molecule has 3 N–H and O–H groups in total. The molecule has 3 unspecified atom stereocenters. The fourth-order valence-corrected chi connectivity index (χ4v) is 8.26. The van der Waals surface area contributed by atoms with E-state index in [0.717, 1.165) is 11.0 Å². The quantitative estimate of drug-likeness (QED) is 0.348. The zero-order chi connectivity index (χ0) is 29.9. The summed E-state index contributed by atoms with van der Waals surface area (Å²) in [5, 5.41) is 5.94. The standard InChI is InChI=1S/C28H37N5O6S2/c1-14(2)21(32-41(5,38)39)27(37)33-13-16-20(28(16,3)4)22(33)25(36)30-18(12-15-10-11-29-24(15)35)23(34)26-31-17-8-6-7-9-19(17)40-26/h6-9,14-16,18,20-22,32H,10-13H2,1-5H3,(H,29,35)(H,30,36)/t15-,16?,18-,20?,21-,22?/m0/s1. The average molecular weight is 604 g/mol. The number of aromatic nitrogens is 1. The zero-order valence-electron chi connectivity index (χ0n) is 23.8. The lowest BCUT2D eigenvalue weighted by Gasteiger charge is -2.34. The van der Waals surface area contributed by atoms with Gasteiger partial charge in [0.2, 0.25) is 33.5 Å². The summed E-state index contributed by atoms with van der Waals surface area (Å²) in [6, 6.07) is 4.48. The van der Waals surface area contributed by atoms with Gasteiger partial charge in [-0.05, 0) is 48.1 Å². The van der Waals surface area contributed by atoms with Gasteiger partial charge in [-0.25, -0.2) is 18.1 Å². The lowest BCUT2D eigenvalue weighted by Crippen LogP contribution is -2.58. The summed E-state index contributed by atoms with van der Waals surface area (Å²) in [5.41, 5.74) is 0.492. The van der Waals surface area contributed by atoms with E-state index in [2.05, 4.69) is 20.3 Å². The SMILES string of the molecule is CC(C)[C@H](NS(C)(=O)=O)C(=O)N1CC2C(C1C(=O)N[C@@H](C[C@@H]1CCNC1=O)C(=O)c1nc3ccccc3s1)C2(C)C. The van der Waals surface area contributed by atoms with Crippen LogP contribution in [0.5, 0.6) is 0 Å². The molecule has 41 heavy (non-hydrogen) atoms. The number of carbonyl (C=O) groups excluding carboxylic acids is 4. The number of amides is 3. The van der Waals surface area contributed by atoms with Gasteiger partial charge >= 0.3 is 0 Å². The summed E-state index contributed by atoms with van der Waals surface area (Å²) in [5.74, 6) is -2.31. The van der Waals surface area contributed by atoms with E-state index in [9.17, 15) is 27.6 Å². The summed E-state index contributed by atoms with van der Waals surface area (Å²) >= 11 is 1.24. The van der Waals surface area contributed by atoms with Crippen LogP contribution in [0.25, 0.3) is 10.2 Å². The normalized spacial score (nSPS) is 26.5. The number of nitrogens with zero attached hydrogens (tertiary/aromatic N) is 2. The number of fused-ring (bicyclic) bond motifs is 2. The third-order valence-electron chi connectivity index (χ3n) is 8.85. The molecular weight excluding hydrogens is 566 g/mol. The minimum atomic E-state index is -3.68. The number of ketones is 1. The Hall–Kier alpha value is -2.90. The Kier molecular flexibility index (Phi) is 7.75. The molecule has 1 saturated carbocycles. The van der Waals surface area contributed by atoms with Crippen LogP contribution in [0.1, 0.15) is 50.3 Å². The molecule has 3 fully saturated rings. The number of Topliss-reactive ketones (excluding diaryl/α,β-unsaturated/α-hetero) is 1. The first-order chi connectivity index (χ1) is 19.2. The van der Waals surface area contributed by atoms with Crippen LogP contribution in [0.4, 0.5) is 0 Å². The Morgan fingerprint density at radius 2 is 1.93 bits per heavy atom. The summed E-state index contributed by atoms with van der Waals surface area (Å²) in [6.45, 7) is 8.42. The maximum absolute atomic E-state index is 14.0. The third-order valence-corrected chi connectivity index (χ3v) is 10.6. The highest BCUT2D eigenvalue weighted by atomic mass is 32.2. The van der Waals surface area contributed by atoms with Crippen molar-refractivity contribution >= 4 is 55.1 Å². The predicted octanol–water partition coefficient (Wildman–Crippen LogP) is 1.55. The van der Waals surface area contributed by atoms with Crippen molar-refractivity contribution in [3.05, 3.63) is 29.3 Å². The fourth-order valence-electron chi connectivity index (χ4n) is 6.46. The number of hydrogen-bond acceptors (Lipinski definition) is 8. The van der Waals surface area contributed by atoms with E-state index in [0.29, 0.717) is 25.0 Å². The first kappa shape index (κ1) is 29.6. The number of sulfonamides is 1. The van der Waals surface area contributed by atoms with Crippen LogP contribution in [0, 0.1) is 29.1 Å². The molecule has 0 radical (unpaired) electrons. The van der Waals surface area contributed by atoms with Gasteiger partial charge in [-0.15, -0.1) is 11.3 Å². The van der Waals surface area contributed by atoms with Crippen LogP contribution in [0.15, 0.2) is 24.3 Å². The molecule has 1 aromatic heterocycles. The lowest BCUT2D eigenvalue weighted by atomic mass is 9.94. The fraction of sp³-hybridized carbons (Fsp3) is 0.607. The second-order valence-electron chi connectivity index (χ2n) is 12.4. The van der Waals surface area contributed by atoms with Crippen molar-refractivity contribution in [2.24, 2.45) is 29.1 Å². The highest BCUT2D eigenvalue weighted by Gasteiger charge is 2.69. The van der Waals surface area contributed by atoms with Crippen LogP contribution >= 0.6 is 11.3 Å². The molecule has 222 valence electrons. The number of thiazole rings is 1. The van der Waals surface area contributed by atoms with Crippen molar-refractivity contribution in [1.82, 2.24) is 25.2 Å². The Morgan fingerprint density at radius 3 is 2.54 bits per heavy atom. The molecule has 13 heteroatoms. The molecule has 2 aromatic rings. The van der Waals surface area contributed by atoms with E-state index >= 15 is 0 Å². The molecule has 1 aliphatic carbocycles. The summed E-state index contributed by atoms with van der Waals surface area (Å²) in [6.07, 6.45) is 1.67. The lowest BCUT2D eigenvalue weighted by molar-refractivity contribution is -0.142. The van der Waals surface area contributed by atoms with Crippen molar-refractivity contribution in [1.29, 1.82) is 0 Å². The van der Waals surface area contributed by atoms with Gasteiger partial charge in [-0.1, -0.05) is 39.8 Å². The van der Waals surface area contributed by atoms with Gasteiger partial charge < -0.3 is 15.5 Å². The number of carbonyl (C=O) groups is 4. The number of likely N-dealkylation sites (tertiary alicyclic amines) is 1. The first-order valence-electron chi connectivity index (χ1n) is 13.9. The van der Waals surface area contributed by atoms with Gasteiger partial charge in [0, 0.05) is 19.0 Å². The Morgan fingerprint density at radius 1 is 1.22 bits per heavy atom. The monoisotopic (exact) mass is 603 g/mol. The van der Waals surface area contributed by atoms with Gasteiger partial charge in [-0.2, -0.15) is 0 Å². The second kappa shape index (κ2) is 10.7. The molecule has 2 aliphatic heterocycles. The molecule has 3 aliphatic rings. The van der Waals surface area contributed by atoms with Gasteiger partial charge in [-0.3, -0.25) is 19.2 Å². The highest BCUT2D eigenvalue weighted by Crippen LogP contribution is 2.65. The highest BCUT2D eigenvalue weighted by molar-refractivity contribution is 7.88. The number of para-hydroxylation sites is 1. The van der Waals surface area contributed by atoms with E-state index in [1.165, 1.54) is 16.2 Å². The van der Waals surface area contributed by atoms with Crippen molar-refractivity contribution in [2.75, 3.05) is 19.3 Å². The Balaban J connectivity index is 1.43. The number of benzene rings is 1. The van der Waals surface area contributed by atoms with E-state index in [1.807, 2.05) is 38.1 Å². The largest absolute Gasteiger partial charge is 0.356 e. The molecule has 2 saturated heterocycles. The molecule has 0 bridgehead atoms. The van der Waals surface area contributed by atoms with Crippen molar-refractivity contribution < 1.29 is 27.6 Å². The molecule has 0 spiro atoms. The minimum absolute atomic E-state index is 0.0762. The maximum Gasteiger partial charge on any atom is 0.243 e. The average Bonchev–Trinajstić information content (AvgIpc) is 3.40. The van der Waals surface area contributed by atoms with Crippen LogP contribution in [0.3, 0.4) is 0 Å². The van der Waals surface area contributed by atoms with E-state index in [-0.39, 0.29) is 46.3 Å². The van der Waals surface area contributed by atoms with E-state index in [4.69, 9.17) is 0 Å². The number of hydrogen-bond donors (Lipinski definition) is 3. The van der Waals surface area contributed by atoms with Gasteiger partial charge in [0.1, 0.15) is 12.1 Å². The summed E-state index contributed by atoms with van der Waals surface area (Å²) in [4.78, 5) is 59.9. The number of rotatable bonds is 10. The van der Waals surface area contributed by atoms with Crippen LogP contribution < -0.4 is 15.4 Å². The van der Waals surface area contributed by atoms with Crippen LogP contribution in [-0.2, 0) is 24.4 Å².